The lowest BCUT2D eigenvalue weighted by molar-refractivity contribution is -0.387. The quantitative estimate of drug-likeness (QED) is 0.642. The Balaban J connectivity index is 1.85. The second-order valence-corrected chi connectivity index (χ2v) is 4.99. The summed E-state index contributed by atoms with van der Waals surface area (Å²) in [5.74, 6) is -1.16. The molecular formula is C15H12F2N2O2. The van der Waals surface area contributed by atoms with Crippen molar-refractivity contribution in [2.45, 2.75) is 13.0 Å². The van der Waals surface area contributed by atoms with Gasteiger partial charge in [-0.15, -0.1) is 0 Å². The van der Waals surface area contributed by atoms with Crippen LogP contribution >= 0.6 is 0 Å². The van der Waals surface area contributed by atoms with Crippen LogP contribution in [0.25, 0.3) is 0 Å². The fourth-order valence-electron chi connectivity index (χ4n) is 2.60. The summed E-state index contributed by atoms with van der Waals surface area (Å²) in [4.78, 5) is 11.8. The van der Waals surface area contributed by atoms with E-state index in [-0.39, 0.29) is 5.82 Å². The van der Waals surface area contributed by atoms with Gasteiger partial charge in [0.2, 0.25) is 5.82 Å². The number of hydrogen-bond donors (Lipinski definition) is 0. The topological polar surface area (TPSA) is 46.4 Å². The average molecular weight is 290 g/mol. The standard InChI is InChI=1S/C15H12F2N2O2/c16-12-3-2-11-5-6-18(15(11)8-12)9-10-1-4-14(19(20)21)13(17)7-10/h1-4,7-8H,5-6,9H2. The molecule has 21 heavy (non-hydrogen) atoms. The molecule has 4 nitrogen and oxygen atoms in total. The maximum atomic E-state index is 13.6. The maximum absolute atomic E-state index is 13.6. The molecule has 2 aromatic carbocycles. The molecule has 0 amide bonds. The second kappa shape index (κ2) is 5.12. The first-order valence-corrected chi connectivity index (χ1v) is 6.51. The number of halogens is 2. The molecule has 0 aliphatic carbocycles. The van der Waals surface area contributed by atoms with E-state index in [1.807, 2.05) is 4.90 Å². The van der Waals surface area contributed by atoms with Crippen molar-refractivity contribution in [2.24, 2.45) is 0 Å². The van der Waals surface area contributed by atoms with Crippen molar-refractivity contribution in [3.8, 4) is 0 Å². The number of fused-ring (bicyclic) bond motifs is 1. The average Bonchev–Trinajstić information content (AvgIpc) is 2.81. The highest BCUT2D eigenvalue weighted by atomic mass is 19.1. The number of nitro benzene ring substituents is 1. The third-order valence-corrected chi connectivity index (χ3v) is 3.62. The normalized spacial score (nSPS) is 13.3. The molecular weight excluding hydrogens is 278 g/mol. The predicted octanol–water partition coefficient (Wildman–Crippen LogP) is 3.44. The molecule has 1 aliphatic rings. The van der Waals surface area contributed by atoms with Crippen molar-refractivity contribution in [3.63, 3.8) is 0 Å². The molecule has 0 aromatic heterocycles. The highest BCUT2D eigenvalue weighted by molar-refractivity contribution is 5.58. The number of nitrogens with zero attached hydrogens (tertiary/aromatic N) is 2. The summed E-state index contributed by atoms with van der Waals surface area (Å²) in [6.07, 6.45) is 0.811. The van der Waals surface area contributed by atoms with Gasteiger partial charge in [-0.1, -0.05) is 12.1 Å². The molecule has 6 heteroatoms. The van der Waals surface area contributed by atoms with Gasteiger partial charge < -0.3 is 4.90 Å². The van der Waals surface area contributed by atoms with Crippen LogP contribution in [0.15, 0.2) is 36.4 Å². The van der Waals surface area contributed by atoms with E-state index < -0.39 is 16.4 Å². The third-order valence-electron chi connectivity index (χ3n) is 3.62. The zero-order valence-corrected chi connectivity index (χ0v) is 11.1. The summed E-state index contributed by atoms with van der Waals surface area (Å²) < 4.78 is 26.9. The molecule has 3 rings (SSSR count). The first kappa shape index (κ1) is 13.5. The van der Waals surface area contributed by atoms with Crippen LogP contribution < -0.4 is 4.90 Å². The van der Waals surface area contributed by atoms with Gasteiger partial charge >= 0.3 is 5.69 Å². The van der Waals surface area contributed by atoms with Gasteiger partial charge in [-0.05, 0) is 35.7 Å². The van der Waals surface area contributed by atoms with E-state index >= 15 is 0 Å². The van der Waals surface area contributed by atoms with Crippen molar-refractivity contribution < 1.29 is 13.7 Å². The molecule has 1 aliphatic heterocycles. The lowest BCUT2D eigenvalue weighted by Crippen LogP contribution is -2.19. The molecule has 0 unspecified atom stereocenters. The first-order chi connectivity index (χ1) is 10.0. The molecule has 108 valence electrons. The van der Waals surface area contributed by atoms with Crippen LogP contribution in [-0.2, 0) is 13.0 Å². The largest absolute Gasteiger partial charge is 0.367 e. The van der Waals surface area contributed by atoms with Gasteiger partial charge in [0.1, 0.15) is 5.82 Å². The van der Waals surface area contributed by atoms with Gasteiger partial charge in [0.05, 0.1) is 4.92 Å². The Hall–Kier alpha value is -2.50. The van der Waals surface area contributed by atoms with Crippen molar-refractivity contribution in [1.29, 1.82) is 0 Å². The van der Waals surface area contributed by atoms with Crippen LogP contribution in [0.2, 0.25) is 0 Å². The number of benzene rings is 2. The van der Waals surface area contributed by atoms with Crippen LogP contribution in [0.5, 0.6) is 0 Å². The van der Waals surface area contributed by atoms with Gasteiger partial charge in [0.15, 0.2) is 0 Å². The lowest BCUT2D eigenvalue weighted by Gasteiger charge is -2.19. The van der Waals surface area contributed by atoms with E-state index in [1.54, 1.807) is 6.07 Å². The molecule has 0 saturated heterocycles. The monoisotopic (exact) mass is 290 g/mol. The Kier molecular flexibility index (Phi) is 3.29. The maximum Gasteiger partial charge on any atom is 0.304 e. The van der Waals surface area contributed by atoms with Gasteiger partial charge in [-0.2, -0.15) is 4.39 Å². The highest BCUT2D eigenvalue weighted by Crippen LogP contribution is 2.30. The Morgan fingerprint density at radius 3 is 2.71 bits per heavy atom. The Bertz CT molecular complexity index is 719. The highest BCUT2D eigenvalue weighted by Gasteiger charge is 2.21. The zero-order valence-electron chi connectivity index (χ0n) is 11.1. The van der Waals surface area contributed by atoms with Crippen molar-refractivity contribution in [2.75, 3.05) is 11.4 Å². The Morgan fingerprint density at radius 2 is 2.00 bits per heavy atom. The Labute approximate surface area is 119 Å². The minimum absolute atomic E-state index is 0.310. The summed E-state index contributed by atoms with van der Waals surface area (Å²) in [6.45, 7) is 1.11. The summed E-state index contributed by atoms with van der Waals surface area (Å²) in [5.41, 5.74) is 1.94. The van der Waals surface area contributed by atoms with Crippen LogP contribution in [0, 0.1) is 21.7 Å². The second-order valence-electron chi connectivity index (χ2n) is 4.99. The summed E-state index contributed by atoms with van der Waals surface area (Å²) in [5, 5.41) is 10.6. The minimum atomic E-state index is -0.851. The summed E-state index contributed by atoms with van der Waals surface area (Å²) in [6, 6.07) is 8.49. The van der Waals surface area contributed by atoms with E-state index in [2.05, 4.69) is 0 Å². The van der Waals surface area contributed by atoms with Crippen LogP contribution in [-0.4, -0.2) is 11.5 Å². The van der Waals surface area contributed by atoms with Gasteiger partial charge in [-0.25, -0.2) is 4.39 Å². The molecule has 0 fully saturated rings. The van der Waals surface area contributed by atoms with Crippen molar-refractivity contribution in [3.05, 3.63) is 69.3 Å². The van der Waals surface area contributed by atoms with Crippen LogP contribution in [0.4, 0.5) is 20.2 Å². The van der Waals surface area contributed by atoms with E-state index in [9.17, 15) is 18.9 Å². The predicted molar refractivity (Wildman–Crippen MR) is 74.2 cm³/mol. The van der Waals surface area contributed by atoms with Crippen molar-refractivity contribution >= 4 is 11.4 Å². The summed E-state index contributed by atoms with van der Waals surface area (Å²) in [7, 11) is 0. The molecule has 0 bridgehead atoms. The molecule has 0 radical (unpaired) electrons. The first-order valence-electron chi connectivity index (χ1n) is 6.51. The molecule has 2 aromatic rings. The smallest absolute Gasteiger partial charge is 0.304 e. The number of hydrogen-bond acceptors (Lipinski definition) is 3. The molecule has 0 atom stereocenters. The van der Waals surface area contributed by atoms with Gasteiger partial charge in [0, 0.05) is 24.8 Å². The third kappa shape index (κ3) is 2.56. The zero-order chi connectivity index (χ0) is 15.0. The SMILES string of the molecule is O=[N+]([O-])c1ccc(CN2CCc3ccc(F)cc32)cc1F. The number of rotatable bonds is 3. The molecule has 0 spiro atoms. The number of nitro groups is 1. The van der Waals surface area contributed by atoms with Crippen LogP contribution in [0.3, 0.4) is 0 Å². The van der Waals surface area contributed by atoms with E-state index in [1.165, 1.54) is 18.2 Å². The fourth-order valence-corrected chi connectivity index (χ4v) is 2.60. The lowest BCUT2D eigenvalue weighted by atomic mass is 10.1. The minimum Gasteiger partial charge on any atom is -0.367 e. The van der Waals surface area contributed by atoms with Gasteiger partial charge in [-0.3, -0.25) is 10.1 Å². The van der Waals surface area contributed by atoms with E-state index in [0.717, 1.165) is 36.3 Å². The fraction of sp³-hybridized carbons (Fsp3) is 0.200. The van der Waals surface area contributed by atoms with Crippen LogP contribution in [0.1, 0.15) is 11.1 Å². The molecule has 0 saturated carbocycles. The van der Waals surface area contributed by atoms with E-state index in [0.29, 0.717) is 12.1 Å². The molecule has 0 N–H and O–H groups in total. The summed E-state index contributed by atoms with van der Waals surface area (Å²) >= 11 is 0. The Morgan fingerprint density at radius 1 is 1.19 bits per heavy atom. The molecule has 1 heterocycles. The van der Waals surface area contributed by atoms with E-state index in [4.69, 9.17) is 0 Å². The number of anilines is 1. The van der Waals surface area contributed by atoms with Crippen molar-refractivity contribution in [1.82, 2.24) is 0 Å². The van der Waals surface area contributed by atoms with Gasteiger partial charge in [0.25, 0.3) is 0 Å².